The van der Waals surface area contributed by atoms with Crippen LogP contribution in [0.3, 0.4) is 0 Å². The van der Waals surface area contributed by atoms with Gasteiger partial charge in [0, 0.05) is 27.9 Å². The highest BCUT2D eigenvalue weighted by molar-refractivity contribution is 6.89. The van der Waals surface area contributed by atoms with Gasteiger partial charge >= 0.3 is 0 Å². The van der Waals surface area contributed by atoms with Crippen molar-refractivity contribution in [3.63, 3.8) is 0 Å². The molecule has 0 N–H and O–H groups in total. The lowest BCUT2D eigenvalue weighted by atomic mass is 10.0. The maximum absolute atomic E-state index is 4.78. The number of benzene rings is 3. The summed E-state index contributed by atoms with van der Waals surface area (Å²) in [6.45, 7) is 7.27. The van der Waals surface area contributed by atoms with Crippen molar-refractivity contribution in [2.45, 2.75) is 19.6 Å². The van der Waals surface area contributed by atoms with Crippen molar-refractivity contribution in [2.75, 3.05) is 0 Å². The summed E-state index contributed by atoms with van der Waals surface area (Å²) in [4.78, 5) is 4.78. The third kappa shape index (κ3) is 1.98. The summed E-state index contributed by atoms with van der Waals surface area (Å²) in [7, 11) is -1.43. The van der Waals surface area contributed by atoms with E-state index in [1.807, 2.05) is 6.20 Å². The first-order valence-electron chi connectivity index (χ1n) is 9.49. The van der Waals surface area contributed by atoms with E-state index in [0.717, 1.165) is 5.65 Å². The highest BCUT2D eigenvalue weighted by Crippen LogP contribution is 2.36. The largest absolute Gasteiger partial charge is 0.293 e. The lowest BCUT2D eigenvalue weighted by Gasteiger charge is -2.19. The van der Waals surface area contributed by atoms with Gasteiger partial charge in [-0.05, 0) is 40.4 Å². The van der Waals surface area contributed by atoms with Crippen LogP contribution in [0.25, 0.3) is 49.0 Å². The van der Waals surface area contributed by atoms with Crippen LogP contribution >= 0.6 is 0 Å². The first-order chi connectivity index (χ1) is 13.0. The molecule has 3 heteroatoms. The number of hydrogen-bond donors (Lipinski definition) is 0. The Morgan fingerprint density at radius 2 is 1.48 bits per heavy atom. The first-order valence-corrected chi connectivity index (χ1v) is 13.0. The van der Waals surface area contributed by atoms with Gasteiger partial charge in [-0.3, -0.25) is 4.40 Å². The minimum Gasteiger partial charge on any atom is -0.293 e. The van der Waals surface area contributed by atoms with Crippen molar-refractivity contribution in [3.8, 4) is 0 Å². The lowest BCUT2D eigenvalue weighted by Crippen LogP contribution is -2.37. The Morgan fingerprint density at radius 1 is 0.741 bits per heavy atom. The summed E-state index contributed by atoms with van der Waals surface area (Å²) in [5, 5.41) is 9.29. The summed E-state index contributed by atoms with van der Waals surface area (Å²) in [6, 6.07) is 22.6. The first kappa shape index (κ1) is 15.2. The third-order valence-electron chi connectivity index (χ3n) is 5.86. The van der Waals surface area contributed by atoms with E-state index in [2.05, 4.69) is 84.7 Å². The standard InChI is InChI=1S/C24H20N2Si/c1-27(2,3)19-11-17-10-18-8-9-25-24-22-13-16-7-5-4-6-15(16)12-20(22)21(14-19)23(17)26(18)24/h4-14H,1-3H3. The molecule has 3 aromatic heterocycles. The molecule has 0 aliphatic carbocycles. The Kier molecular flexibility index (Phi) is 2.74. The normalized spacial score (nSPS) is 13.0. The second-order valence-corrected chi connectivity index (χ2v) is 13.7. The number of hydrogen-bond acceptors (Lipinski definition) is 1. The van der Waals surface area contributed by atoms with Gasteiger partial charge in [0.15, 0.2) is 0 Å². The summed E-state index contributed by atoms with van der Waals surface area (Å²) in [6.07, 6.45) is 1.94. The van der Waals surface area contributed by atoms with E-state index in [0.29, 0.717) is 0 Å². The van der Waals surface area contributed by atoms with Gasteiger partial charge in [-0.2, -0.15) is 0 Å². The fourth-order valence-corrected chi connectivity index (χ4v) is 5.60. The van der Waals surface area contributed by atoms with E-state index in [9.17, 15) is 0 Å². The molecular formula is C24H20N2Si. The second kappa shape index (κ2) is 4.87. The van der Waals surface area contributed by atoms with Gasteiger partial charge < -0.3 is 0 Å². The zero-order valence-corrected chi connectivity index (χ0v) is 16.7. The van der Waals surface area contributed by atoms with Crippen molar-refractivity contribution in [3.05, 3.63) is 66.9 Å². The van der Waals surface area contributed by atoms with Crippen molar-refractivity contribution in [1.29, 1.82) is 0 Å². The fourth-order valence-electron chi connectivity index (χ4n) is 4.44. The highest BCUT2D eigenvalue weighted by atomic mass is 28.3. The van der Waals surface area contributed by atoms with Crippen LogP contribution in [0.1, 0.15) is 0 Å². The van der Waals surface area contributed by atoms with Crippen molar-refractivity contribution < 1.29 is 0 Å². The number of fused-ring (bicyclic) bond motifs is 4. The predicted molar refractivity (Wildman–Crippen MR) is 119 cm³/mol. The maximum Gasteiger partial charge on any atom is 0.145 e. The zero-order chi connectivity index (χ0) is 18.3. The molecule has 0 atom stereocenters. The minimum absolute atomic E-state index is 1.05. The van der Waals surface area contributed by atoms with Gasteiger partial charge in [0.1, 0.15) is 5.65 Å². The van der Waals surface area contributed by atoms with Crippen LogP contribution in [0, 0.1) is 0 Å². The molecule has 0 aliphatic rings. The molecule has 3 heterocycles. The van der Waals surface area contributed by atoms with Crippen LogP contribution < -0.4 is 5.19 Å². The second-order valence-electron chi connectivity index (χ2n) is 8.63. The van der Waals surface area contributed by atoms with E-state index < -0.39 is 8.07 Å². The Balaban J connectivity index is 1.97. The molecule has 0 saturated carbocycles. The third-order valence-corrected chi connectivity index (χ3v) is 7.88. The maximum atomic E-state index is 4.78. The SMILES string of the molecule is C[Si](C)(C)c1cc2cc3ccnc4c5cc6ccccc6cc5c(c1)c2n34. The average molecular weight is 365 g/mol. The van der Waals surface area contributed by atoms with Crippen LogP contribution in [0.2, 0.25) is 19.6 Å². The number of pyridine rings is 1. The van der Waals surface area contributed by atoms with Gasteiger partial charge in [0.25, 0.3) is 0 Å². The summed E-state index contributed by atoms with van der Waals surface area (Å²) < 4.78 is 2.34. The van der Waals surface area contributed by atoms with Gasteiger partial charge in [-0.25, -0.2) is 4.98 Å². The molecule has 27 heavy (non-hydrogen) atoms. The molecule has 0 amide bonds. The van der Waals surface area contributed by atoms with E-state index in [4.69, 9.17) is 4.98 Å². The molecule has 2 nitrogen and oxygen atoms in total. The lowest BCUT2D eigenvalue weighted by molar-refractivity contribution is 1.23. The summed E-state index contributed by atoms with van der Waals surface area (Å²) in [5.41, 5.74) is 3.58. The fraction of sp³-hybridized carbons (Fsp3) is 0.125. The van der Waals surface area contributed by atoms with Crippen LogP contribution in [0.4, 0.5) is 0 Å². The summed E-state index contributed by atoms with van der Waals surface area (Å²) >= 11 is 0. The average Bonchev–Trinajstić information content (AvgIpc) is 3.04. The Bertz CT molecular complexity index is 1500. The smallest absolute Gasteiger partial charge is 0.145 e. The van der Waals surface area contributed by atoms with E-state index in [1.165, 1.54) is 48.5 Å². The van der Waals surface area contributed by atoms with Crippen molar-refractivity contribution in [1.82, 2.24) is 9.38 Å². The Hall–Kier alpha value is -2.91. The molecule has 6 aromatic rings. The predicted octanol–water partition coefficient (Wildman–Crippen LogP) is 5.93. The van der Waals surface area contributed by atoms with Crippen LogP contribution in [-0.4, -0.2) is 17.5 Å². The molecule has 0 spiro atoms. The van der Waals surface area contributed by atoms with Gasteiger partial charge in [0.05, 0.1) is 13.6 Å². The van der Waals surface area contributed by atoms with Crippen molar-refractivity contribution >= 4 is 62.3 Å². The zero-order valence-electron chi connectivity index (χ0n) is 15.7. The molecule has 0 saturated heterocycles. The molecule has 3 aromatic carbocycles. The molecule has 0 radical (unpaired) electrons. The van der Waals surface area contributed by atoms with E-state index >= 15 is 0 Å². The van der Waals surface area contributed by atoms with Crippen LogP contribution in [0.5, 0.6) is 0 Å². The molecular weight excluding hydrogens is 344 g/mol. The van der Waals surface area contributed by atoms with Crippen LogP contribution in [-0.2, 0) is 0 Å². The van der Waals surface area contributed by atoms with Crippen LogP contribution in [0.15, 0.2) is 66.9 Å². The topological polar surface area (TPSA) is 17.3 Å². The molecule has 0 aliphatic heterocycles. The quantitative estimate of drug-likeness (QED) is 0.201. The molecule has 130 valence electrons. The number of nitrogens with zero attached hydrogens (tertiary/aromatic N) is 2. The van der Waals surface area contributed by atoms with Gasteiger partial charge in [-0.15, -0.1) is 0 Å². The molecule has 6 rings (SSSR count). The Labute approximate surface area is 158 Å². The minimum atomic E-state index is -1.43. The summed E-state index contributed by atoms with van der Waals surface area (Å²) in [5.74, 6) is 0. The Morgan fingerprint density at radius 3 is 2.22 bits per heavy atom. The number of aromatic nitrogens is 2. The van der Waals surface area contributed by atoms with E-state index in [1.54, 1.807) is 0 Å². The highest BCUT2D eigenvalue weighted by Gasteiger charge is 2.21. The van der Waals surface area contributed by atoms with E-state index in [-0.39, 0.29) is 0 Å². The molecule has 0 bridgehead atoms. The molecule has 0 fully saturated rings. The monoisotopic (exact) mass is 364 g/mol. The van der Waals surface area contributed by atoms with Gasteiger partial charge in [-0.1, -0.05) is 61.2 Å². The van der Waals surface area contributed by atoms with Crippen molar-refractivity contribution in [2.24, 2.45) is 0 Å². The number of rotatable bonds is 1. The van der Waals surface area contributed by atoms with Gasteiger partial charge in [0.2, 0.25) is 0 Å². The molecule has 0 unspecified atom stereocenters.